The standard InChI is InChI=1S/C27H34F2N4O2/c1-7-27(8-2,17-24(34)32-26(4,5)23-11-9-10-14-31-23)33-25(35)18(3)15-22(30-6)20-13-12-19(28)16-21(20)29/h9-16,30H,3,7-8,17H2,1-2,4-6H3,(H,32,34)(H,33,35)/b22-15-. The Morgan fingerprint density at radius 1 is 1.09 bits per heavy atom. The molecule has 0 aliphatic heterocycles. The number of nitrogens with one attached hydrogen (secondary N) is 3. The van der Waals surface area contributed by atoms with Crippen LogP contribution in [0.2, 0.25) is 0 Å². The number of carbonyl (C=O) groups excluding carboxylic acids is 2. The number of hydrogen-bond donors (Lipinski definition) is 3. The molecule has 0 atom stereocenters. The number of benzene rings is 1. The van der Waals surface area contributed by atoms with E-state index in [1.807, 2.05) is 39.8 Å². The average molecular weight is 485 g/mol. The Hall–Kier alpha value is -3.55. The molecule has 0 bridgehead atoms. The van der Waals surface area contributed by atoms with E-state index in [4.69, 9.17) is 0 Å². The second kappa shape index (κ2) is 11.7. The maximum absolute atomic E-state index is 14.2. The molecule has 0 aliphatic carbocycles. The van der Waals surface area contributed by atoms with Gasteiger partial charge in [-0.3, -0.25) is 14.6 Å². The zero-order valence-corrected chi connectivity index (χ0v) is 21.0. The van der Waals surface area contributed by atoms with E-state index < -0.39 is 28.6 Å². The van der Waals surface area contributed by atoms with Crippen molar-refractivity contribution in [2.24, 2.45) is 0 Å². The van der Waals surface area contributed by atoms with Crippen LogP contribution >= 0.6 is 0 Å². The molecule has 0 saturated heterocycles. The maximum atomic E-state index is 14.2. The molecular formula is C27H34F2N4O2. The third-order valence-corrected chi connectivity index (χ3v) is 6.09. The zero-order valence-electron chi connectivity index (χ0n) is 21.0. The lowest BCUT2D eigenvalue weighted by Crippen LogP contribution is -2.52. The van der Waals surface area contributed by atoms with Crippen molar-refractivity contribution in [3.05, 3.63) is 83.7 Å². The lowest BCUT2D eigenvalue weighted by atomic mass is 9.87. The summed E-state index contributed by atoms with van der Waals surface area (Å²) in [4.78, 5) is 30.3. The molecule has 1 heterocycles. The van der Waals surface area contributed by atoms with Crippen molar-refractivity contribution in [2.75, 3.05) is 7.05 Å². The van der Waals surface area contributed by atoms with Crippen LogP contribution in [-0.2, 0) is 15.1 Å². The highest BCUT2D eigenvalue weighted by molar-refractivity contribution is 5.98. The van der Waals surface area contributed by atoms with Gasteiger partial charge < -0.3 is 16.0 Å². The van der Waals surface area contributed by atoms with Crippen LogP contribution in [0.5, 0.6) is 0 Å². The lowest BCUT2D eigenvalue weighted by molar-refractivity contribution is -0.125. The molecular weight excluding hydrogens is 450 g/mol. The summed E-state index contributed by atoms with van der Waals surface area (Å²) in [5.74, 6) is -2.17. The van der Waals surface area contributed by atoms with Crippen LogP contribution < -0.4 is 16.0 Å². The largest absolute Gasteiger partial charge is 0.388 e. The molecule has 2 rings (SSSR count). The number of halogens is 2. The van der Waals surface area contributed by atoms with E-state index in [0.717, 1.165) is 17.8 Å². The van der Waals surface area contributed by atoms with Crippen LogP contribution in [0.25, 0.3) is 5.70 Å². The van der Waals surface area contributed by atoms with Crippen LogP contribution in [0.4, 0.5) is 8.78 Å². The van der Waals surface area contributed by atoms with Crippen molar-refractivity contribution < 1.29 is 18.4 Å². The van der Waals surface area contributed by atoms with E-state index in [1.54, 1.807) is 19.3 Å². The zero-order chi connectivity index (χ0) is 26.2. The van der Waals surface area contributed by atoms with Gasteiger partial charge in [-0.15, -0.1) is 0 Å². The highest BCUT2D eigenvalue weighted by Gasteiger charge is 2.34. The van der Waals surface area contributed by atoms with E-state index in [2.05, 4.69) is 27.5 Å². The summed E-state index contributed by atoms with van der Waals surface area (Å²) in [6.45, 7) is 11.3. The predicted octanol–water partition coefficient (Wildman–Crippen LogP) is 4.59. The van der Waals surface area contributed by atoms with Crippen LogP contribution in [0.15, 0.2) is 60.8 Å². The van der Waals surface area contributed by atoms with Crippen LogP contribution in [0.1, 0.15) is 58.2 Å². The fourth-order valence-corrected chi connectivity index (χ4v) is 3.77. The summed E-state index contributed by atoms with van der Waals surface area (Å²) >= 11 is 0. The molecule has 0 unspecified atom stereocenters. The Morgan fingerprint density at radius 3 is 2.31 bits per heavy atom. The van der Waals surface area contributed by atoms with Crippen molar-refractivity contribution >= 4 is 17.5 Å². The summed E-state index contributed by atoms with van der Waals surface area (Å²) in [5, 5.41) is 8.77. The number of nitrogens with zero attached hydrogens (tertiary/aromatic N) is 1. The molecule has 0 radical (unpaired) electrons. The molecule has 2 amide bonds. The first-order chi connectivity index (χ1) is 16.5. The Morgan fingerprint density at radius 2 is 1.77 bits per heavy atom. The summed E-state index contributed by atoms with van der Waals surface area (Å²) in [6, 6.07) is 8.70. The highest BCUT2D eigenvalue weighted by atomic mass is 19.1. The van der Waals surface area contributed by atoms with Crippen molar-refractivity contribution in [1.82, 2.24) is 20.9 Å². The number of rotatable bonds is 11. The monoisotopic (exact) mass is 484 g/mol. The fraction of sp³-hybridized carbons (Fsp3) is 0.370. The Balaban J connectivity index is 2.17. The average Bonchev–Trinajstić information content (AvgIpc) is 2.82. The second-order valence-electron chi connectivity index (χ2n) is 8.96. The summed E-state index contributed by atoms with van der Waals surface area (Å²) in [5.41, 5.74) is -0.324. The molecule has 0 spiro atoms. The van der Waals surface area contributed by atoms with Gasteiger partial charge in [0.15, 0.2) is 0 Å². The molecule has 0 fully saturated rings. The number of aromatic nitrogens is 1. The minimum Gasteiger partial charge on any atom is -0.388 e. The molecule has 0 aliphatic rings. The van der Waals surface area contributed by atoms with Gasteiger partial charge in [-0.05, 0) is 57.0 Å². The van der Waals surface area contributed by atoms with Gasteiger partial charge in [-0.2, -0.15) is 0 Å². The second-order valence-corrected chi connectivity index (χ2v) is 8.96. The molecule has 1 aromatic carbocycles. The van der Waals surface area contributed by atoms with Gasteiger partial charge in [0.1, 0.15) is 11.6 Å². The summed E-state index contributed by atoms with van der Waals surface area (Å²) in [6.07, 6.45) is 4.14. The van der Waals surface area contributed by atoms with E-state index in [9.17, 15) is 18.4 Å². The molecule has 188 valence electrons. The third-order valence-electron chi connectivity index (χ3n) is 6.09. The first kappa shape index (κ1) is 27.7. The molecule has 0 saturated carbocycles. The van der Waals surface area contributed by atoms with Gasteiger partial charge in [0.25, 0.3) is 5.91 Å². The van der Waals surface area contributed by atoms with Crippen LogP contribution in [0, 0.1) is 11.6 Å². The Bertz CT molecular complexity index is 1090. The van der Waals surface area contributed by atoms with Gasteiger partial charge in [-0.25, -0.2) is 8.78 Å². The first-order valence-electron chi connectivity index (χ1n) is 11.6. The smallest absolute Gasteiger partial charge is 0.251 e. The number of amides is 2. The SMILES string of the molecule is C=C(/C=C(\NC)c1ccc(F)cc1F)C(=O)NC(CC)(CC)CC(=O)NC(C)(C)c1ccccn1. The van der Waals surface area contributed by atoms with E-state index >= 15 is 0 Å². The number of pyridine rings is 1. The van der Waals surface area contributed by atoms with Gasteiger partial charge in [0.05, 0.1) is 11.2 Å². The number of hydrogen-bond acceptors (Lipinski definition) is 4. The van der Waals surface area contributed by atoms with Crippen LogP contribution in [0.3, 0.4) is 0 Å². The fourth-order valence-electron chi connectivity index (χ4n) is 3.77. The quantitative estimate of drug-likeness (QED) is 0.322. The Labute approximate surface area is 205 Å². The molecule has 3 N–H and O–H groups in total. The summed E-state index contributed by atoms with van der Waals surface area (Å²) in [7, 11) is 1.57. The number of carbonyl (C=O) groups is 2. The van der Waals surface area contributed by atoms with E-state index in [0.29, 0.717) is 12.8 Å². The highest BCUT2D eigenvalue weighted by Crippen LogP contribution is 2.24. The van der Waals surface area contributed by atoms with E-state index in [-0.39, 0.29) is 29.2 Å². The minimum absolute atomic E-state index is 0.0600. The first-order valence-corrected chi connectivity index (χ1v) is 11.6. The molecule has 8 heteroatoms. The van der Waals surface area contributed by atoms with Crippen molar-refractivity contribution in [1.29, 1.82) is 0 Å². The van der Waals surface area contributed by atoms with Crippen molar-refractivity contribution in [3.8, 4) is 0 Å². The molecule has 6 nitrogen and oxygen atoms in total. The van der Waals surface area contributed by atoms with E-state index in [1.165, 1.54) is 12.1 Å². The Kier molecular flexibility index (Phi) is 9.28. The normalized spacial score (nSPS) is 12.1. The van der Waals surface area contributed by atoms with Crippen molar-refractivity contribution in [3.63, 3.8) is 0 Å². The maximum Gasteiger partial charge on any atom is 0.251 e. The summed E-state index contributed by atoms with van der Waals surface area (Å²) < 4.78 is 27.5. The molecule has 2 aromatic rings. The van der Waals surface area contributed by atoms with Gasteiger partial charge in [0, 0.05) is 48.1 Å². The van der Waals surface area contributed by atoms with Gasteiger partial charge >= 0.3 is 0 Å². The van der Waals surface area contributed by atoms with Gasteiger partial charge in [0.2, 0.25) is 5.91 Å². The topological polar surface area (TPSA) is 83.1 Å². The lowest BCUT2D eigenvalue weighted by Gasteiger charge is -2.34. The molecule has 35 heavy (non-hydrogen) atoms. The van der Waals surface area contributed by atoms with Gasteiger partial charge in [-0.1, -0.05) is 26.5 Å². The third kappa shape index (κ3) is 7.21. The molecule has 1 aromatic heterocycles. The van der Waals surface area contributed by atoms with Crippen LogP contribution in [-0.4, -0.2) is 29.4 Å². The van der Waals surface area contributed by atoms with Crippen molar-refractivity contribution in [2.45, 2.75) is 58.0 Å². The minimum atomic E-state index is -0.806. The predicted molar refractivity (Wildman–Crippen MR) is 134 cm³/mol.